The monoisotopic (exact) mass is 337 g/mol. The van der Waals surface area contributed by atoms with Gasteiger partial charge in [0.2, 0.25) is 5.91 Å². The zero-order valence-corrected chi connectivity index (χ0v) is 14.2. The topological polar surface area (TPSA) is 49.8 Å². The van der Waals surface area contributed by atoms with Crippen LogP contribution in [0.15, 0.2) is 73.3 Å². The van der Waals surface area contributed by atoms with E-state index < -0.39 is 11.8 Å². The molecule has 2 atom stereocenters. The number of hydrogen-bond acceptors (Lipinski definition) is 3. The van der Waals surface area contributed by atoms with Crippen molar-refractivity contribution in [3.05, 3.63) is 84.4 Å². The largest absolute Gasteiger partial charge is 0.368 e. The predicted octanol–water partition coefficient (Wildman–Crippen LogP) is 3.27. The van der Waals surface area contributed by atoms with Gasteiger partial charge < -0.3 is 14.7 Å². The summed E-state index contributed by atoms with van der Waals surface area (Å²) in [5, 5.41) is 11.2. The number of carbonyl (C=O) groups is 1. The third kappa shape index (κ3) is 3.81. The molecule has 0 spiro atoms. The van der Waals surface area contributed by atoms with Crippen LogP contribution in [0, 0.1) is 0 Å². The molecule has 1 fully saturated rings. The van der Waals surface area contributed by atoms with Gasteiger partial charge in [0.15, 0.2) is 5.72 Å². The summed E-state index contributed by atoms with van der Waals surface area (Å²) in [6, 6.07) is 19.4. The van der Waals surface area contributed by atoms with Crippen molar-refractivity contribution in [2.45, 2.75) is 37.8 Å². The van der Waals surface area contributed by atoms with E-state index in [1.807, 2.05) is 60.7 Å². The Bertz CT molecular complexity index is 716. The highest BCUT2D eigenvalue weighted by molar-refractivity contribution is 5.78. The fourth-order valence-electron chi connectivity index (χ4n) is 3.18. The van der Waals surface area contributed by atoms with Crippen LogP contribution in [0.3, 0.4) is 0 Å². The van der Waals surface area contributed by atoms with E-state index in [2.05, 4.69) is 6.58 Å². The Hall–Kier alpha value is -2.43. The molecule has 0 aromatic heterocycles. The van der Waals surface area contributed by atoms with Crippen LogP contribution < -0.4 is 0 Å². The molecule has 1 N–H and O–H groups in total. The Morgan fingerprint density at radius 3 is 2.32 bits per heavy atom. The molecule has 3 rings (SSSR count). The number of likely N-dealkylation sites (tertiary alicyclic amines) is 1. The minimum atomic E-state index is -1.51. The SMILES string of the molecule is C=CC1(O)[C@@H](OCc2ccccc2)CCC(=O)N1Cc1ccccc1. The van der Waals surface area contributed by atoms with E-state index in [9.17, 15) is 9.90 Å². The second kappa shape index (κ2) is 7.64. The molecule has 1 aliphatic heterocycles. The number of carbonyl (C=O) groups excluding carboxylic acids is 1. The quantitative estimate of drug-likeness (QED) is 0.823. The maximum Gasteiger partial charge on any atom is 0.225 e. The standard InChI is InChI=1S/C21H23NO3/c1-2-21(24)19(25-16-18-11-7-4-8-12-18)13-14-20(23)22(21)15-17-9-5-3-6-10-17/h2-12,19,24H,1,13-16H2/t19-,21?/m0/s1. The van der Waals surface area contributed by atoms with E-state index in [4.69, 9.17) is 4.74 Å². The van der Waals surface area contributed by atoms with Crippen molar-refractivity contribution in [2.75, 3.05) is 0 Å². The van der Waals surface area contributed by atoms with Crippen LogP contribution in [0.2, 0.25) is 0 Å². The lowest BCUT2D eigenvalue weighted by molar-refractivity contribution is -0.201. The summed E-state index contributed by atoms with van der Waals surface area (Å²) >= 11 is 0. The molecule has 0 radical (unpaired) electrons. The number of benzene rings is 2. The first-order chi connectivity index (χ1) is 12.1. The molecule has 0 bridgehead atoms. The van der Waals surface area contributed by atoms with Crippen LogP contribution in [0.5, 0.6) is 0 Å². The van der Waals surface area contributed by atoms with Gasteiger partial charge in [0.1, 0.15) is 6.10 Å². The Labute approximate surface area is 148 Å². The number of piperidine rings is 1. The summed E-state index contributed by atoms with van der Waals surface area (Å²) in [5.41, 5.74) is 0.472. The predicted molar refractivity (Wildman–Crippen MR) is 96.4 cm³/mol. The average molecular weight is 337 g/mol. The number of ether oxygens (including phenoxy) is 1. The van der Waals surface area contributed by atoms with Crippen molar-refractivity contribution in [1.82, 2.24) is 4.90 Å². The zero-order chi connectivity index (χ0) is 17.7. The molecule has 2 aromatic carbocycles. The van der Waals surface area contributed by atoms with Crippen LogP contribution in [-0.2, 0) is 22.7 Å². The second-order valence-electron chi connectivity index (χ2n) is 6.28. The van der Waals surface area contributed by atoms with Gasteiger partial charge in [-0.05, 0) is 23.6 Å². The van der Waals surface area contributed by atoms with Crippen LogP contribution in [0.1, 0.15) is 24.0 Å². The molecule has 25 heavy (non-hydrogen) atoms. The maximum absolute atomic E-state index is 12.5. The van der Waals surface area contributed by atoms with Crippen LogP contribution >= 0.6 is 0 Å². The van der Waals surface area contributed by atoms with Gasteiger partial charge in [0.25, 0.3) is 0 Å². The molecule has 1 heterocycles. The highest BCUT2D eigenvalue weighted by atomic mass is 16.5. The number of aliphatic hydroxyl groups is 1. The molecule has 2 aromatic rings. The lowest BCUT2D eigenvalue weighted by Gasteiger charge is -2.46. The first kappa shape index (κ1) is 17.4. The van der Waals surface area contributed by atoms with Crippen molar-refractivity contribution in [1.29, 1.82) is 0 Å². The Kier molecular flexibility index (Phi) is 5.31. The van der Waals surface area contributed by atoms with E-state index in [0.29, 0.717) is 26.0 Å². The van der Waals surface area contributed by atoms with E-state index in [1.54, 1.807) is 0 Å². The lowest BCUT2D eigenvalue weighted by atomic mass is 9.93. The number of hydrogen-bond donors (Lipinski definition) is 1. The zero-order valence-electron chi connectivity index (χ0n) is 14.2. The van der Waals surface area contributed by atoms with Crippen molar-refractivity contribution in [2.24, 2.45) is 0 Å². The molecule has 1 saturated heterocycles. The third-order valence-corrected chi connectivity index (χ3v) is 4.61. The highest BCUT2D eigenvalue weighted by Gasteiger charge is 2.46. The Morgan fingerprint density at radius 1 is 1.12 bits per heavy atom. The molecule has 4 heteroatoms. The molecule has 130 valence electrons. The van der Waals surface area contributed by atoms with Gasteiger partial charge in [-0.15, -0.1) is 0 Å². The van der Waals surface area contributed by atoms with E-state index in [0.717, 1.165) is 11.1 Å². The fourth-order valence-corrected chi connectivity index (χ4v) is 3.18. The number of nitrogens with zero attached hydrogens (tertiary/aromatic N) is 1. The van der Waals surface area contributed by atoms with E-state index in [1.165, 1.54) is 11.0 Å². The molecular formula is C21H23NO3. The van der Waals surface area contributed by atoms with E-state index in [-0.39, 0.29) is 5.91 Å². The van der Waals surface area contributed by atoms with Crippen molar-refractivity contribution in [3.63, 3.8) is 0 Å². The van der Waals surface area contributed by atoms with Gasteiger partial charge in [0.05, 0.1) is 6.61 Å². The second-order valence-corrected chi connectivity index (χ2v) is 6.28. The van der Waals surface area contributed by atoms with Gasteiger partial charge >= 0.3 is 0 Å². The number of amides is 1. The highest BCUT2D eigenvalue weighted by Crippen LogP contribution is 2.32. The van der Waals surface area contributed by atoms with Crippen molar-refractivity contribution < 1.29 is 14.6 Å². The van der Waals surface area contributed by atoms with Gasteiger partial charge in [-0.3, -0.25) is 4.79 Å². The van der Waals surface area contributed by atoms with Crippen LogP contribution in [0.4, 0.5) is 0 Å². The van der Waals surface area contributed by atoms with Gasteiger partial charge in [0, 0.05) is 13.0 Å². The summed E-state index contributed by atoms with van der Waals surface area (Å²) in [5.74, 6) is -0.0918. The van der Waals surface area contributed by atoms with Crippen LogP contribution in [-0.4, -0.2) is 27.7 Å². The summed E-state index contributed by atoms with van der Waals surface area (Å²) in [6.45, 7) is 4.47. The third-order valence-electron chi connectivity index (χ3n) is 4.61. The summed E-state index contributed by atoms with van der Waals surface area (Å²) in [6.07, 6.45) is 1.73. The fraction of sp³-hybridized carbons (Fsp3) is 0.286. The summed E-state index contributed by atoms with van der Waals surface area (Å²) in [4.78, 5) is 13.9. The van der Waals surface area contributed by atoms with Gasteiger partial charge in [-0.25, -0.2) is 0 Å². The number of rotatable bonds is 6. The molecule has 1 amide bonds. The van der Waals surface area contributed by atoms with Crippen LogP contribution in [0.25, 0.3) is 0 Å². The normalized spacial score (nSPS) is 23.5. The summed E-state index contributed by atoms with van der Waals surface area (Å²) < 4.78 is 5.98. The van der Waals surface area contributed by atoms with Gasteiger partial charge in [-0.1, -0.05) is 67.2 Å². The minimum absolute atomic E-state index is 0.0918. The first-order valence-corrected chi connectivity index (χ1v) is 8.49. The molecule has 1 aliphatic rings. The maximum atomic E-state index is 12.5. The molecule has 4 nitrogen and oxygen atoms in total. The van der Waals surface area contributed by atoms with E-state index >= 15 is 0 Å². The summed E-state index contributed by atoms with van der Waals surface area (Å²) in [7, 11) is 0. The molecule has 0 saturated carbocycles. The Balaban J connectivity index is 1.77. The van der Waals surface area contributed by atoms with Crippen molar-refractivity contribution in [3.8, 4) is 0 Å². The van der Waals surface area contributed by atoms with Gasteiger partial charge in [-0.2, -0.15) is 0 Å². The Morgan fingerprint density at radius 2 is 1.72 bits per heavy atom. The minimum Gasteiger partial charge on any atom is -0.368 e. The molecule has 1 unspecified atom stereocenters. The molecular weight excluding hydrogens is 314 g/mol. The molecule has 0 aliphatic carbocycles. The average Bonchev–Trinajstić information content (AvgIpc) is 2.66. The first-order valence-electron chi connectivity index (χ1n) is 8.49. The smallest absolute Gasteiger partial charge is 0.225 e. The lowest BCUT2D eigenvalue weighted by Crippen LogP contribution is -2.61. The van der Waals surface area contributed by atoms with Crippen molar-refractivity contribution >= 4 is 5.91 Å².